The Kier molecular flexibility index (Phi) is 9.53. The molecule has 1 unspecified atom stereocenters. The number of Topliss-reactive ketones (excluding diaryl/α,β-unsaturated/α-hetero) is 1. The lowest BCUT2D eigenvalue weighted by atomic mass is 10.0. The molecule has 1 aromatic carbocycles. The summed E-state index contributed by atoms with van der Waals surface area (Å²) in [4.78, 5) is 24.1. The van der Waals surface area contributed by atoms with Crippen LogP contribution in [0.25, 0.3) is 0 Å². The van der Waals surface area contributed by atoms with E-state index in [9.17, 15) is 9.59 Å². The average Bonchev–Trinajstić information content (AvgIpc) is 2.56. The van der Waals surface area contributed by atoms with E-state index >= 15 is 0 Å². The Bertz CT molecular complexity index is 545. The number of anilines is 1. The lowest BCUT2D eigenvalue weighted by molar-refractivity contribution is -0.144. The van der Waals surface area contributed by atoms with Crippen LogP contribution in [0.3, 0.4) is 0 Å². The first-order chi connectivity index (χ1) is 11.5. The fourth-order valence-electron chi connectivity index (χ4n) is 2.30. The van der Waals surface area contributed by atoms with Gasteiger partial charge >= 0.3 is 5.97 Å². The van der Waals surface area contributed by atoms with Gasteiger partial charge in [-0.2, -0.15) is 0 Å². The number of hydrogen-bond acceptors (Lipinski definition) is 5. The normalized spacial score (nSPS) is 12.0. The number of hydrogen-bond donors (Lipinski definition) is 1. The number of esters is 1. The molecule has 0 radical (unpaired) electrons. The average molecular weight is 352 g/mol. The number of carbonyl (C=O) groups is 2. The zero-order chi connectivity index (χ0) is 17.9. The van der Waals surface area contributed by atoms with Gasteiger partial charge in [-0.05, 0) is 37.5 Å². The topological polar surface area (TPSA) is 69.4 Å². The van der Waals surface area contributed by atoms with E-state index in [0.717, 1.165) is 17.7 Å². The van der Waals surface area contributed by atoms with Gasteiger partial charge in [-0.3, -0.25) is 9.59 Å². The molecule has 1 aromatic rings. The van der Waals surface area contributed by atoms with Gasteiger partial charge in [-0.1, -0.05) is 33.1 Å². The minimum absolute atomic E-state index is 0.00828. The van der Waals surface area contributed by atoms with Crippen LogP contribution in [0.4, 0.5) is 5.69 Å². The van der Waals surface area contributed by atoms with Crippen LogP contribution in [0.15, 0.2) is 23.1 Å². The van der Waals surface area contributed by atoms with Crippen LogP contribution in [0, 0.1) is 5.92 Å². The maximum atomic E-state index is 11.9. The van der Waals surface area contributed by atoms with Gasteiger partial charge in [-0.15, -0.1) is 11.8 Å². The molecule has 0 aliphatic carbocycles. The lowest BCUT2D eigenvalue weighted by Gasteiger charge is -2.14. The van der Waals surface area contributed by atoms with E-state index in [0.29, 0.717) is 35.9 Å². The lowest BCUT2D eigenvalue weighted by Crippen LogP contribution is -2.14. The highest BCUT2D eigenvalue weighted by Gasteiger charge is 2.11. The van der Waals surface area contributed by atoms with Crippen molar-refractivity contribution >= 4 is 29.2 Å². The Balaban J connectivity index is 2.37. The number of ether oxygens (including phenoxy) is 1. The second-order valence-electron chi connectivity index (χ2n) is 6.01. The quantitative estimate of drug-likeness (QED) is 0.270. The Hall–Kier alpha value is -1.49. The van der Waals surface area contributed by atoms with Crippen LogP contribution in [-0.4, -0.2) is 24.1 Å². The van der Waals surface area contributed by atoms with Gasteiger partial charge in [-0.25, -0.2) is 0 Å². The standard InChI is InChI=1S/C19H29NO3S/c1-4-6-7-15(5-2)13-23-19(22)10-11-24-18-12-16(14(3)21)8-9-17(18)20/h8-9,12,15H,4-7,10-11,13,20H2,1-3H3. The number of rotatable bonds is 11. The number of unbranched alkanes of at least 4 members (excludes halogenated alkanes) is 1. The van der Waals surface area contributed by atoms with Crippen LogP contribution in [0.5, 0.6) is 0 Å². The van der Waals surface area contributed by atoms with E-state index in [1.807, 2.05) is 0 Å². The van der Waals surface area contributed by atoms with Crippen molar-refractivity contribution in [2.45, 2.75) is 57.8 Å². The molecule has 134 valence electrons. The van der Waals surface area contributed by atoms with Gasteiger partial charge < -0.3 is 10.5 Å². The second-order valence-corrected chi connectivity index (χ2v) is 7.14. The molecule has 0 aliphatic heterocycles. The van der Waals surface area contributed by atoms with Crippen LogP contribution < -0.4 is 5.73 Å². The Labute approximate surface area is 149 Å². The number of thioether (sulfide) groups is 1. The molecule has 0 saturated heterocycles. The molecule has 0 fully saturated rings. The molecule has 0 saturated carbocycles. The summed E-state index contributed by atoms with van der Waals surface area (Å²) in [5.74, 6) is 0.896. The van der Waals surface area contributed by atoms with Crippen molar-refractivity contribution in [1.82, 2.24) is 0 Å². The number of nitrogens with two attached hydrogens (primary N) is 1. The van der Waals surface area contributed by atoms with E-state index in [-0.39, 0.29) is 11.8 Å². The summed E-state index contributed by atoms with van der Waals surface area (Å²) in [6, 6.07) is 5.24. The van der Waals surface area contributed by atoms with E-state index in [1.54, 1.807) is 18.2 Å². The third kappa shape index (κ3) is 7.39. The predicted molar refractivity (Wildman–Crippen MR) is 100 cm³/mol. The fraction of sp³-hybridized carbons (Fsp3) is 0.579. The van der Waals surface area contributed by atoms with Crippen molar-refractivity contribution in [3.63, 3.8) is 0 Å². The van der Waals surface area contributed by atoms with Crippen molar-refractivity contribution in [2.75, 3.05) is 18.1 Å². The van der Waals surface area contributed by atoms with E-state index in [1.165, 1.54) is 31.5 Å². The van der Waals surface area contributed by atoms with Crippen LogP contribution in [-0.2, 0) is 9.53 Å². The van der Waals surface area contributed by atoms with Crippen molar-refractivity contribution in [1.29, 1.82) is 0 Å². The fourth-order valence-corrected chi connectivity index (χ4v) is 3.24. The van der Waals surface area contributed by atoms with Gasteiger partial charge in [0.2, 0.25) is 0 Å². The summed E-state index contributed by atoms with van der Waals surface area (Å²) in [5, 5.41) is 0. The van der Waals surface area contributed by atoms with Gasteiger partial charge in [0.05, 0.1) is 13.0 Å². The maximum absolute atomic E-state index is 11.9. The number of ketones is 1. The molecule has 4 nitrogen and oxygen atoms in total. The number of benzene rings is 1. The maximum Gasteiger partial charge on any atom is 0.306 e. The second kappa shape index (κ2) is 11.1. The van der Waals surface area contributed by atoms with Crippen molar-refractivity contribution in [3.05, 3.63) is 23.8 Å². The third-order valence-corrected chi connectivity index (χ3v) is 5.08. The van der Waals surface area contributed by atoms with Crippen molar-refractivity contribution < 1.29 is 14.3 Å². The first-order valence-electron chi connectivity index (χ1n) is 8.66. The molecule has 0 aromatic heterocycles. The summed E-state index contributed by atoms with van der Waals surface area (Å²) in [6.07, 6.45) is 4.85. The highest BCUT2D eigenvalue weighted by atomic mass is 32.2. The molecular formula is C19H29NO3S. The molecule has 0 spiro atoms. The van der Waals surface area contributed by atoms with Crippen molar-refractivity contribution in [2.24, 2.45) is 5.92 Å². The van der Waals surface area contributed by atoms with E-state index < -0.39 is 0 Å². The van der Waals surface area contributed by atoms with Crippen molar-refractivity contribution in [3.8, 4) is 0 Å². The Morgan fingerprint density at radius 2 is 2.04 bits per heavy atom. The summed E-state index contributed by atoms with van der Waals surface area (Å²) in [6.45, 7) is 6.35. The Morgan fingerprint density at radius 1 is 1.29 bits per heavy atom. The third-order valence-electron chi connectivity index (χ3n) is 4.01. The highest BCUT2D eigenvalue weighted by molar-refractivity contribution is 7.99. The highest BCUT2D eigenvalue weighted by Crippen LogP contribution is 2.27. The molecule has 1 rings (SSSR count). The SMILES string of the molecule is CCCCC(CC)COC(=O)CCSc1cc(C(C)=O)ccc1N. The molecule has 0 amide bonds. The van der Waals surface area contributed by atoms with E-state index in [2.05, 4.69) is 13.8 Å². The van der Waals surface area contributed by atoms with Crippen LogP contribution in [0.2, 0.25) is 0 Å². The zero-order valence-electron chi connectivity index (χ0n) is 15.0. The largest absolute Gasteiger partial charge is 0.465 e. The molecule has 0 aliphatic rings. The number of carbonyl (C=O) groups excluding carboxylic acids is 2. The summed E-state index contributed by atoms with van der Waals surface area (Å²) < 4.78 is 5.38. The smallest absolute Gasteiger partial charge is 0.306 e. The van der Waals surface area contributed by atoms with Gasteiger partial charge in [0.1, 0.15) is 0 Å². The first kappa shape index (κ1) is 20.6. The monoisotopic (exact) mass is 351 g/mol. The molecule has 1 atom stereocenters. The molecular weight excluding hydrogens is 322 g/mol. The van der Waals surface area contributed by atoms with Crippen LogP contribution >= 0.6 is 11.8 Å². The molecule has 5 heteroatoms. The number of nitrogen functional groups attached to an aromatic ring is 1. The summed E-state index contributed by atoms with van der Waals surface area (Å²) >= 11 is 1.48. The molecule has 24 heavy (non-hydrogen) atoms. The molecule has 0 heterocycles. The Morgan fingerprint density at radius 3 is 2.67 bits per heavy atom. The minimum Gasteiger partial charge on any atom is -0.465 e. The van der Waals surface area contributed by atoms with Gasteiger partial charge in [0.25, 0.3) is 0 Å². The summed E-state index contributed by atoms with van der Waals surface area (Å²) in [7, 11) is 0. The van der Waals surface area contributed by atoms with E-state index in [4.69, 9.17) is 10.5 Å². The predicted octanol–water partition coefficient (Wildman–Crippen LogP) is 4.71. The first-order valence-corrected chi connectivity index (χ1v) is 9.65. The molecule has 0 bridgehead atoms. The van der Waals surface area contributed by atoms with Crippen LogP contribution in [0.1, 0.15) is 63.2 Å². The zero-order valence-corrected chi connectivity index (χ0v) is 15.8. The van der Waals surface area contributed by atoms with Gasteiger partial charge in [0, 0.05) is 21.9 Å². The minimum atomic E-state index is -0.168. The van der Waals surface area contributed by atoms with Gasteiger partial charge in [0.15, 0.2) is 5.78 Å². The summed E-state index contributed by atoms with van der Waals surface area (Å²) in [5.41, 5.74) is 7.18. The molecule has 2 N–H and O–H groups in total.